The first-order valence-corrected chi connectivity index (χ1v) is 8.82. The number of benzene rings is 2. The average molecular weight is 377 g/mol. The average Bonchev–Trinajstić information content (AvgIpc) is 3.01. The highest BCUT2D eigenvalue weighted by atomic mass is 16.5. The number of furan rings is 1. The Labute approximate surface area is 160 Å². The number of aromatic amines is 1. The molecule has 28 heavy (non-hydrogen) atoms. The van der Waals surface area contributed by atoms with Gasteiger partial charge in [-0.15, -0.1) is 0 Å². The first kappa shape index (κ1) is 17.8. The maximum absolute atomic E-state index is 12.6. The van der Waals surface area contributed by atoms with E-state index in [4.69, 9.17) is 9.15 Å². The third kappa shape index (κ3) is 3.11. The van der Waals surface area contributed by atoms with E-state index in [9.17, 15) is 9.59 Å². The number of carbonyl (C=O) groups excluding carboxylic acids is 1. The number of ether oxygens (including phenoxy) is 1. The van der Waals surface area contributed by atoms with E-state index >= 15 is 0 Å². The van der Waals surface area contributed by atoms with Crippen molar-refractivity contribution in [3.05, 3.63) is 63.8 Å². The van der Waals surface area contributed by atoms with Gasteiger partial charge in [0.05, 0.1) is 19.2 Å². The van der Waals surface area contributed by atoms with Crippen LogP contribution >= 0.6 is 0 Å². The molecule has 0 atom stereocenters. The van der Waals surface area contributed by atoms with Gasteiger partial charge in [0.1, 0.15) is 16.9 Å². The lowest BCUT2D eigenvalue weighted by Crippen LogP contribution is -2.21. The predicted octanol–water partition coefficient (Wildman–Crippen LogP) is 3.48. The van der Waals surface area contributed by atoms with Crippen LogP contribution < -0.4 is 15.7 Å². The van der Waals surface area contributed by atoms with Gasteiger partial charge in [0, 0.05) is 33.8 Å². The molecule has 0 bridgehead atoms. The van der Waals surface area contributed by atoms with Crippen LogP contribution in [0, 0.1) is 13.8 Å². The van der Waals surface area contributed by atoms with Crippen LogP contribution in [0.2, 0.25) is 0 Å². The minimum Gasteiger partial charge on any atom is -0.495 e. The Hall–Kier alpha value is -3.61. The van der Waals surface area contributed by atoms with Gasteiger partial charge < -0.3 is 19.5 Å². The summed E-state index contributed by atoms with van der Waals surface area (Å²) >= 11 is 0. The van der Waals surface area contributed by atoms with Gasteiger partial charge in [0.15, 0.2) is 0 Å². The van der Waals surface area contributed by atoms with Crippen molar-refractivity contribution in [3.63, 3.8) is 0 Å². The largest absolute Gasteiger partial charge is 0.495 e. The van der Waals surface area contributed by atoms with Crippen molar-refractivity contribution >= 4 is 33.5 Å². The first-order valence-electron chi connectivity index (χ1n) is 8.82. The highest BCUT2D eigenvalue weighted by Gasteiger charge is 2.16. The lowest BCUT2D eigenvalue weighted by Gasteiger charge is -2.12. The minimum absolute atomic E-state index is 0.0861. The van der Waals surface area contributed by atoms with Crippen LogP contribution in [0.25, 0.3) is 21.9 Å². The molecule has 0 aliphatic heterocycles. The zero-order chi connectivity index (χ0) is 19.8. The molecule has 0 fully saturated rings. The summed E-state index contributed by atoms with van der Waals surface area (Å²) < 4.78 is 11.4. The van der Waals surface area contributed by atoms with E-state index in [0.29, 0.717) is 34.0 Å². The molecule has 4 rings (SSSR count). The summed E-state index contributed by atoms with van der Waals surface area (Å²) in [5, 5.41) is 4.78. The van der Waals surface area contributed by atoms with E-state index < -0.39 is 5.69 Å². The van der Waals surface area contributed by atoms with Crippen LogP contribution in [0.1, 0.15) is 17.0 Å². The van der Waals surface area contributed by atoms with E-state index in [1.165, 1.54) is 0 Å². The molecule has 0 radical (unpaired) electrons. The van der Waals surface area contributed by atoms with Crippen LogP contribution in [0.15, 0.2) is 45.6 Å². The summed E-state index contributed by atoms with van der Waals surface area (Å²) in [5.41, 5.74) is 3.40. The molecule has 2 aromatic carbocycles. The van der Waals surface area contributed by atoms with Gasteiger partial charge in [-0.3, -0.25) is 4.79 Å². The molecule has 4 aromatic rings. The highest BCUT2D eigenvalue weighted by molar-refractivity contribution is 6.07. The molecule has 0 spiro atoms. The lowest BCUT2D eigenvalue weighted by atomic mass is 10.1. The number of anilines is 1. The number of amides is 1. The molecule has 0 aliphatic carbocycles. The van der Waals surface area contributed by atoms with Crippen molar-refractivity contribution in [2.24, 2.45) is 0 Å². The van der Waals surface area contributed by atoms with Crippen LogP contribution in [0.4, 0.5) is 5.69 Å². The fourth-order valence-corrected chi connectivity index (χ4v) is 3.39. The van der Waals surface area contributed by atoms with Crippen molar-refractivity contribution in [1.29, 1.82) is 0 Å². The van der Waals surface area contributed by atoms with Gasteiger partial charge in [0.2, 0.25) is 5.91 Å². The fourth-order valence-electron chi connectivity index (χ4n) is 3.39. The van der Waals surface area contributed by atoms with Gasteiger partial charge in [-0.2, -0.15) is 4.98 Å². The zero-order valence-electron chi connectivity index (χ0n) is 15.8. The Kier molecular flexibility index (Phi) is 4.35. The Balaban J connectivity index is 1.68. The van der Waals surface area contributed by atoms with Crippen molar-refractivity contribution in [3.8, 4) is 5.75 Å². The number of carbonyl (C=O) groups is 1. The fraction of sp³-hybridized carbons (Fsp3) is 0.190. The molecule has 7 nitrogen and oxygen atoms in total. The summed E-state index contributed by atoms with van der Waals surface area (Å²) in [4.78, 5) is 30.5. The van der Waals surface area contributed by atoms with E-state index in [1.807, 2.05) is 30.3 Å². The number of nitrogens with one attached hydrogen (secondary N) is 2. The number of nitrogens with zero attached hydrogens (tertiary/aromatic N) is 1. The molecule has 2 aromatic heterocycles. The second kappa shape index (κ2) is 6.84. The molecule has 0 aliphatic rings. The molecule has 2 heterocycles. The van der Waals surface area contributed by atoms with Gasteiger partial charge >= 0.3 is 5.69 Å². The van der Waals surface area contributed by atoms with E-state index in [2.05, 4.69) is 15.3 Å². The van der Waals surface area contributed by atoms with Gasteiger partial charge in [-0.1, -0.05) is 18.2 Å². The highest BCUT2D eigenvalue weighted by Crippen LogP contribution is 2.36. The normalized spacial score (nSPS) is 11.1. The van der Waals surface area contributed by atoms with Crippen molar-refractivity contribution in [1.82, 2.24) is 9.97 Å². The molecule has 0 saturated carbocycles. The SMILES string of the molecule is COc1cc2c(cc1NC(=O)Cc1c(C)nc(=O)[nH]c1C)oc1ccccc12. The second-order valence-electron chi connectivity index (χ2n) is 6.60. The van der Waals surface area contributed by atoms with Crippen LogP contribution in [0.5, 0.6) is 5.75 Å². The van der Waals surface area contributed by atoms with Gasteiger partial charge in [-0.25, -0.2) is 4.79 Å². The summed E-state index contributed by atoms with van der Waals surface area (Å²) in [6, 6.07) is 11.4. The number of hydrogen-bond acceptors (Lipinski definition) is 5. The van der Waals surface area contributed by atoms with E-state index in [0.717, 1.165) is 16.4 Å². The molecule has 0 unspecified atom stereocenters. The maximum atomic E-state index is 12.6. The Bertz CT molecular complexity index is 1240. The number of aromatic nitrogens is 2. The maximum Gasteiger partial charge on any atom is 0.345 e. The number of aryl methyl sites for hydroxylation is 2. The van der Waals surface area contributed by atoms with E-state index in [-0.39, 0.29) is 12.3 Å². The summed E-state index contributed by atoms with van der Waals surface area (Å²) in [5.74, 6) is 0.300. The predicted molar refractivity (Wildman–Crippen MR) is 107 cm³/mol. The zero-order valence-corrected chi connectivity index (χ0v) is 15.8. The van der Waals surface area contributed by atoms with Crippen molar-refractivity contribution < 1.29 is 13.9 Å². The Morgan fingerprint density at radius 1 is 1.18 bits per heavy atom. The number of fused-ring (bicyclic) bond motifs is 3. The summed E-state index contributed by atoms with van der Waals surface area (Å²) in [6.45, 7) is 3.46. The first-order chi connectivity index (χ1) is 13.5. The minimum atomic E-state index is -0.420. The van der Waals surface area contributed by atoms with Crippen LogP contribution in [-0.4, -0.2) is 23.0 Å². The lowest BCUT2D eigenvalue weighted by molar-refractivity contribution is -0.115. The Morgan fingerprint density at radius 2 is 1.96 bits per heavy atom. The standard InChI is InChI=1S/C21H19N3O4/c1-11-14(12(2)23-21(26)22-11)9-20(25)24-16-10-18-15(8-19(16)27-3)13-6-4-5-7-17(13)28-18/h4-8,10H,9H2,1-3H3,(H,24,25)(H,22,23,26). The van der Waals surface area contributed by atoms with Gasteiger partial charge in [-0.05, 0) is 26.0 Å². The number of rotatable bonds is 4. The smallest absolute Gasteiger partial charge is 0.345 e. The molecule has 2 N–H and O–H groups in total. The molecule has 1 amide bonds. The Morgan fingerprint density at radius 3 is 2.71 bits per heavy atom. The topological polar surface area (TPSA) is 97.2 Å². The van der Waals surface area contributed by atoms with Crippen LogP contribution in [0.3, 0.4) is 0 Å². The van der Waals surface area contributed by atoms with E-state index in [1.54, 1.807) is 27.0 Å². The molecule has 7 heteroatoms. The number of methoxy groups -OCH3 is 1. The summed E-state index contributed by atoms with van der Waals surface area (Å²) in [7, 11) is 1.55. The third-order valence-electron chi connectivity index (χ3n) is 4.76. The molecular formula is C21H19N3O4. The molecule has 0 saturated heterocycles. The van der Waals surface area contributed by atoms with Crippen molar-refractivity contribution in [2.75, 3.05) is 12.4 Å². The van der Waals surface area contributed by atoms with Gasteiger partial charge in [0.25, 0.3) is 0 Å². The number of hydrogen-bond donors (Lipinski definition) is 2. The quantitative estimate of drug-likeness (QED) is 0.567. The monoisotopic (exact) mass is 377 g/mol. The summed E-state index contributed by atoms with van der Waals surface area (Å²) in [6.07, 6.45) is 0.0861. The second-order valence-corrected chi connectivity index (χ2v) is 6.60. The number of H-pyrrole nitrogens is 1. The van der Waals surface area contributed by atoms with Crippen LogP contribution in [-0.2, 0) is 11.2 Å². The third-order valence-corrected chi connectivity index (χ3v) is 4.76. The number of para-hydroxylation sites is 1. The molecule has 142 valence electrons. The van der Waals surface area contributed by atoms with Crippen molar-refractivity contribution in [2.45, 2.75) is 20.3 Å². The molecular weight excluding hydrogens is 358 g/mol.